The lowest BCUT2D eigenvalue weighted by Crippen LogP contribution is -2.57. The highest BCUT2D eigenvalue weighted by atomic mass is 79.9. The molecule has 2 bridgehead atoms. The molecule has 3 aliphatic rings. The lowest BCUT2D eigenvalue weighted by molar-refractivity contribution is -0.144. The normalized spacial score (nSPS) is 29.2. The molecule has 3 saturated heterocycles. The van der Waals surface area contributed by atoms with Crippen molar-refractivity contribution in [2.24, 2.45) is 11.8 Å². The Morgan fingerprint density at radius 2 is 1.75 bits per heavy atom. The average Bonchev–Trinajstić information content (AvgIpc) is 3.55. The number of alkyl halides is 1. The van der Waals surface area contributed by atoms with Crippen molar-refractivity contribution in [1.82, 2.24) is 9.80 Å². The maximum Gasteiger partial charge on any atom is 0.251 e. The number of fused-ring (bicyclic) bond motifs is 1. The Hall–Kier alpha value is -2.30. The molecule has 0 radical (unpaired) electrons. The van der Waals surface area contributed by atoms with E-state index in [0.717, 1.165) is 24.5 Å². The van der Waals surface area contributed by atoms with Crippen LogP contribution in [0.2, 0.25) is 0 Å². The minimum absolute atomic E-state index is 0.0199. The van der Waals surface area contributed by atoms with Crippen molar-refractivity contribution >= 4 is 56.8 Å². The molecular weight excluding hydrogens is 592 g/mol. The number of amides is 3. The maximum atomic E-state index is 14.6. The summed E-state index contributed by atoms with van der Waals surface area (Å²) in [5, 5.41) is 10.0. The summed E-state index contributed by atoms with van der Waals surface area (Å²) >= 11 is 5.41. The molecule has 0 aromatic heterocycles. The van der Waals surface area contributed by atoms with Crippen LogP contribution in [0.4, 0.5) is 11.4 Å². The van der Waals surface area contributed by atoms with E-state index in [9.17, 15) is 19.5 Å². The van der Waals surface area contributed by atoms with E-state index in [1.165, 1.54) is 0 Å². The van der Waals surface area contributed by atoms with Crippen molar-refractivity contribution in [3.05, 3.63) is 49.6 Å². The van der Waals surface area contributed by atoms with Gasteiger partial charge < -0.3 is 24.7 Å². The summed E-state index contributed by atoms with van der Waals surface area (Å²) in [5.41, 5.74) is 1.79. The van der Waals surface area contributed by atoms with E-state index >= 15 is 0 Å². The number of aliphatic hydroxyl groups excluding tert-OH is 1. The summed E-state index contributed by atoms with van der Waals surface area (Å²) in [6, 6.07) is 6.48. The number of rotatable bonds is 12. The van der Waals surface area contributed by atoms with Crippen molar-refractivity contribution in [1.29, 1.82) is 0 Å². The second kappa shape index (κ2) is 12.3. The largest absolute Gasteiger partial charge is 0.394 e. The van der Waals surface area contributed by atoms with Gasteiger partial charge in [-0.1, -0.05) is 28.1 Å². The van der Waals surface area contributed by atoms with Crippen molar-refractivity contribution in [2.75, 3.05) is 49.6 Å². The third-order valence-corrected chi connectivity index (χ3v) is 11.9. The number of likely N-dealkylation sites (tertiary alicyclic amines) is 1. The number of likely N-dealkylation sites (N-methyl/N-ethyl adjacent to an activating group) is 1. The minimum atomic E-state index is -0.827. The Kier molecular flexibility index (Phi) is 9.42. The second-order valence-electron chi connectivity index (χ2n) is 10.9. The molecule has 10 heteroatoms. The zero-order chi connectivity index (χ0) is 29.4. The van der Waals surface area contributed by atoms with Crippen LogP contribution in [-0.4, -0.2) is 99.4 Å². The third kappa shape index (κ3) is 4.90. The molecule has 0 saturated carbocycles. The number of hydrogen-bond acceptors (Lipinski definition) is 6. The molecule has 8 nitrogen and oxygen atoms in total. The number of carbonyl (C=O) groups excluding carboxylic acids is 3. The van der Waals surface area contributed by atoms with Crippen LogP contribution >= 0.6 is 27.7 Å². The first-order valence-electron chi connectivity index (χ1n) is 14.0. The molecule has 3 amide bonds. The number of halogens is 1. The number of thioether (sulfide) groups is 1. The SMILES string of the molecule is C=CCN(C)C(=O)[C@H]1[C@@H]2SC3(CC2Br)C(C(=O)N(CC=C)c2ccc(N(CC)CC)cc2)N([C@H](C)CO)C(=O)[C@H]13. The molecular formula is C30H41BrN4O4S. The van der Waals surface area contributed by atoms with Gasteiger partial charge in [-0.15, -0.1) is 24.9 Å². The molecule has 218 valence electrons. The topological polar surface area (TPSA) is 84.4 Å². The first-order chi connectivity index (χ1) is 19.1. The Morgan fingerprint density at radius 1 is 1.15 bits per heavy atom. The van der Waals surface area contributed by atoms with Crippen LogP contribution in [0.1, 0.15) is 27.2 Å². The van der Waals surface area contributed by atoms with Crippen molar-refractivity contribution < 1.29 is 19.5 Å². The molecule has 3 unspecified atom stereocenters. The van der Waals surface area contributed by atoms with Gasteiger partial charge in [-0.05, 0) is 51.5 Å². The molecule has 1 aromatic rings. The third-order valence-electron chi connectivity index (χ3n) is 8.63. The van der Waals surface area contributed by atoms with Gasteiger partial charge in [0.1, 0.15) is 6.04 Å². The summed E-state index contributed by atoms with van der Waals surface area (Å²) in [6.45, 7) is 15.7. The minimum Gasteiger partial charge on any atom is -0.394 e. The molecule has 3 fully saturated rings. The van der Waals surface area contributed by atoms with Crippen molar-refractivity contribution in [2.45, 2.75) is 54.1 Å². The molecule has 3 heterocycles. The first kappa shape index (κ1) is 30.7. The van der Waals surface area contributed by atoms with Gasteiger partial charge in [0.05, 0.1) is 29.2 Å². The predicted molar refractivity (Wildman–Crippen MR) is 166 cm³/mol. The molecule has 4 rings (SSSR count). The van der Waals surface area contributed by atoms with Gasteiger partial charge in [-0.25, -0.2) is 0 Å². The number of nitrogens with zero attached hydrogens (tertiary/aromatic N) is 4. The lowest BCUT2D eigenvalue weighted by Gasteiger charge is -2.39. The van der Waals surface area contributed by atoms with E-state index in [0.29, 0.717) is 13.0 Å². The van der Waals surface area contributed by atoms with Crippen LogP contribution < -0.4 is 9.80 Å². The molecule has 1 aromatic carbocycles. The highest BCUT2D eigenvalue weighted by Crippen LogP contribution is 2.68. The van der Waals surface area contributed by atoms with Crippen LogP contribution in [0.25, 0.3) is 0 Å². The van der Waals surface area contributed by atoms with Crippen molar-refractivity contribution in [3.8, 4) is 0 Å². The van der Waals surface area contributed by atoms with Gasteiger partial charge in [0.2, 0.25) is 11.8 Å². The van der Waals surface area contributed by atoms with Gasteiger partial charge >= 0.3 is 0 Å². The highest BCUT2D eigenvalue weighted by Gasteiger charge is 2.76. The second-order valence-corrected chi connectivity index (χ2v) is 13.6. The Bertz CT molecular complexity index is 1150. The smallest absolute Gasteiger partial charge is 0.251 e. The zero-order valence-corrected chi connectivity index (χ0v) is 26.2. The predicted octanol–water partition coefficient (Wildman–Crippen LogP) is 3.54. The van der Waals surface area contributed by atoms with E-state index in [4.69, 9.17) is 0 Å². The maximum absolute atomic E-state index is 14.6. The fourth-order valence-corrected chi connectivity index (χ4v) is 10.3. The van der Waals surface area contributed by atoms with E-state index in [-0.39, 0.29) is 41.0 Å². The summed E-state index contributed by atoms with van der Waals surface area (Å²) in [7, 11) is 1.72. The number of aliphatic hydroxyl groups is 1. The van der Waals surface area contributed by atoms with Gasteiger partial charge in [-0.2, -0.15) is 0 Å². The zero-order valence-electron chi connectivity index (χ0n) is 23.8. The highest BCUT2D eigenvalue weighted by molar-refractivity contribution is 9.09. The van der Waals surface area contributed by atoms with Gasteiger partial charge in [0, 0.05) is 54.7 Å². The van der Waals surface area contributed by atoms with Crippen LogP contribution in [-0.2, 0) is 14.4 Å². The van der Waals surface area contributed by atoms with E-state index in [1.54, 1.807) is 52.6 Å². The number of benzene rings is 1. The van der Waals surface area contributed by atoms with Crippen LogP contribution in [0.5, 0.6) is 0 Å². The summed E-state index contributed by atoms with van der Waals surface area (Å²) in [4.78, 5) is 49.6. The summed E-state index contributed by atoms with van der Waals surface area (Å²) < 4.78 is -0.785. The molecule has 1 N–H and O–H groups in total. The van der Waals surface area contributed by atoms with Crippen LogP contribution in [0.3, 0.4) is 0 Å². The monoisotopic (exact) mass is 632 g/mol. The quantitative estimate of drug-likeness (QED) is 0.280. The summed E-state index contributed by atoms with van der Waals surface area (Å²) in [6.07, 6.45) is 3.94. The number of anilines is 2. The lowest BCUT2D eigenvalue weighted by atomic mass is 9.70. The number of hydrogen-bond donors (Lipinski definition) is 1. The van der Waals surface area contributed by atoms with E-state index in [2.05, 4.69) is 47.8 Å². The van der Waals surface area contributed by atoms with Gasteiger partial charge in [0.15, 0.2) is 0 Å². The molecule has 40 heavy (non-hydrogen) atoms. The Labute approximate surface area is 250 Å². The Morgan fingerprint density at radius 3 is 2.30 bits per heavy atom. The molecule has 1 spiro atoms. The standard InChI is InChI=1S/C30H41BrN4O4S/c1-7-15-32(6)27(37)23-24-28(38)35(19(5)18-36)26(30(24)17-22(31)25(23)40-30)29(39)34(16-8-2)21-13-11-20(12-14-21)33(9-3)10-4/h7-8,11-14,19,22-26,36H,1-2,9-10,15-18H2,3-6H3/t19-,22?,23-,24+,25-,26?,30?/m1/s1. The Balaban J connectivity index is 1.77. The van der Waals surface area contributed by atoms with Gasteiger partial charge in [0.25, 0.3) is 5.91 Å². The molecule has 7 atom stereocenters. The van der Waals surface area contributed by atoms with Crippen LogP contribution in [0, 0.1) is 11.8 Å². The summed E-state index contributed by atoms with van der Waals surface area (Å²) in [5.74, 6) is -1.76. The van der Waals surface area contributed by atoms with Gasteiger partial charge in [-0.3, -0.25) is 14.4 Å². The van der Waals surface area contributed by atoms with Crippen LogP contribution in [0.15, 0.2) is 49.6 Å². The number of carbonyl (C=O) groups is 3. The molecule has 3 aliphatic heterocycles. The fourth-order valence-electron chi connectivity index (χ4n) is 6.76. The van der Waals surface area contributed by atoms with E-state index in [1.807, 2.05) is 24.3 Å². The fraction of sp³-hybridized carbons (Fsp3) is 0.567. The van der Waals surface area contributed by atoms with E-state index < -0.39 is 28.7 Å². The average molecular weight is 634 g/mol. The molecule has 0 aliphatic carbocycles. The van der Waals surface area contributed by atoms with Crippen molar-refractivity contribution in [3.63, 3.8) is 0 Å². The first-order valence-corrected chi connectivity index (χ1v) is 15.8.